The quantitative estimate of drug-likeness (QED) is 0.503. The molecular formula is C18H14F4N4. The number of aromatic nitrogens is 2. The summed E-state index contributed by atoms with van der Waals surface area (Å²) in [7, 11) is 0. The zero-order valence-electron chi connectivity index (χ0n) is 13.4. The van der Waals surface area contributed by atoms with E-state index in [1.165, 1.54) is 18.3 Å². The van der Waals surface area contributed by atoms with Gasteiger partial charge in [0.15, 0.2) is 17.5 Å². The fourth-order valence-electron chi connectivity index (χ4n) is 2.28. The van der Waals surface area contributed by atoms with Crippen molar-refractivity contribution in [1.82, 2.24) is 9.97 Å². The predicted molar refractivity (Wildman–Crippen MR) is 90.2 cm³/mol. The van der Waals surface area contributed by atoms with Crippen molar-refractivity contribution in [3.05, 3.63) is 77.5 Å². The fourth-order valence-corrected chi connectivity index (χ4v) is 2.28. The van der Waals surface area contributed by atoms with Crippen molar-refractivity contribution in [3.8, 4) is 0 Å². The first kappa shape index (κ1) is 17.7. The molecule has 0 atom stereocenters. The Bertz CT molecular complexity index is 917. The number of anilines is 3. The lowest BCUT2D eigenvalue weighted by atomic mass is 10.1. The number of halogens is 4. The molecule has 0 aliphatic carbocycles. The molecule has 1 heterocycles. The Labute approximate surface area is 146 Å². The minimum Gasteiger partial charge on any atom is -0.354 e. The van der Waals surface area contributed by atoms with E-state index in [1.807, 2.05) is 0 Å². The Morgan fingerprint density at radius 1 is 0.846 bits per heavy atom. The fraction of sp³-hybridized carbons (Fsp3) is 0.111. The summed E-state index contributed by atoms with van der Waals surface area (Å²) in [6.07, 6.45) is 1.84. The van der Waals surface area contributed by atoms with Crippen LogP contribution in [0.2, 0.25) is 0 Å². The zero-order chi connectivity index (χ0) is 18.5. The number of benzene rings is 2. The van der Waals surface area contributed by atoms with E-state index < -0.39 is 17.5 Å². The third kappa shape index (κ3) is 4.08. The predicted octanol–water partition coefficient (Wildman–Crippen LogP) is 4.43. The molecule has 134 valence electrons. The van der Waals surface area contributed by atoms with Gasteiger partial charge in [-0.05, 0) is 36.2 Å². The summed E-state index contributed by atoms with van der Waals surface area (Å²) in [6, 6.07) is 9.76. The first-order valence-electron chi connectivity index (χ1n) is 7.75. The Balaban J connectivity index is 1.65. The molecule has 26 heavy (non-hydrogen) atoms. The molecule has 0 saturated carbocycles. The van der Waals surface area contributed by atoms with Crippen molar-refractivity contribution < 1.29 is 17.6 Å². The van der Waals surface area contributed by atoms with Gasteiger partial charge in [-0.25, -0.2) is 22.5 Å². The Kier molecular flexibility index (Phi) is 5.31. The standard InChI is InChI=1S/C18H14F4N4/c19-12-4-2-1-3-11(12)7-9-23-18-24-10-8-15(26-18)25-14-6-5-13(20)16(21)17(14)22/h1-6,8,10H,7,9H2,(H2,23,24,25,26). The maximum atomic E-state index is 13.7. The molecule has 0 bridgehead atoms. The number of hydrogen-bond donors (Lipinski definition) is 2. The van der Waals surface area contributed by atoms with Crippen LogP contribution in [0, 0.1) is 23.3 Å². The van der Waals surface area contributed by atoms with Crippen LogP contribution in [0.5, 0.6) is 0 Å². The van der Waals surface area contributed by atoms with Gasteiger partial charge in [-0.15, -0.1) is 0 Å². The van der Waals surface area contributed by atoms with Crippen LogP contribution in [0.3, 0.4) is 0 Å². The third-order valence-corrected chi connectivity index (χ3v) is 3.59. The molecule has 1 aromatic heterocycles. The van der Waals surface area contributed by atoms with Crippen LogP contribution in [0.25, 0.3) is 0 Å². The minimum atomic E-state index is -1.56. The van der Waals surface area contributed by atoms with Crippen molar-refractivity contribution >= 4 is 17.5 Å². The Hall–Kier alpha value is -3.16. The van der Waals surface area contributed by atoms with Crippen LogP contribution < -0.4 is 10.6 Å². The molecule has 0 amide bonds. The van der Waals surface area contributed by atoms with E-state index in [4.69, 9.17) is 0 Å². The molecular weight excluding hydrogens is 348 g/mol. The van der Waals surface area contributed by atoms with E-state index >= 15 is 0 Å². The highest BCUT2D eigenvalue weighted by molar-refractivity contribution is 5.57. The average Bonchev–Trinajstić information content (AvgIpc) is 2.64. The number of rotatable bonds is 6. The van der Waals surface area contributed by atoms with Crippen LogP contribution in [-0.4, -0.2) is 16.5 Å². The van der Waals surface area contributed by atoms with E-state index in [2.05, 4.69) is 20.6 Å². The van der Waals surface area contributed by atoms with E-state index in [0.717, 1.165) is 12.1 Å². The second-order valence-corrected chi connectivity index (χ2v) is 5.38. The Morgan fingerprint density at radius 2 is 1.65 bits per heavy atom. The molecule has 3 rings (SSSR count). The second-order valence-electron chi connectivity index (χ2n) is 5.38. The summed E-state index contributed by atoms with van der Waals surface area (Å²) in [5, 5.41) is 5.49. The first-order chi connectivity index (χ1) is 12.5. The van der Waals surface area contributed by atoms with Gasteiger partial charge >= 0.3 is 0 Å². The average molecular weight is 362 g/mol. The van der Waals surface area contributed by atoms with Gasteiger partial charge < -0.3 is 10.6 Å². The second kappa shape index (κ2) is 7.81. The molecule has 3 aromatic rings. The molecule has 8 heteroatoms. The smallest absolute Gasteiger partial charge is 0.224 e. The van der Waals surface area contributed by atoms with Crippen LogP contribution in [0.4, 0.5) is 35.0 Å². The first-order valence-corrected chi connectivity index (χ1v) is 7.75. The lowest BCUT2D eigenvalue weighted by Crippen LogP contribution is -2.09. The van der Waals surface area contributed by atoms with E-state index in [1.54, 1.807) is 18.2 Å². The number of nitrogens with one attached hydrogen (secondary N) is 2. The van der Waals surface area contributed by atoms with Crippen molar-refractivity contribution in [1.29, 1.82) is 0 Å². The van der Waals surface area contributed by atoms with Crippen molar-refractivity contribution in [3.63, 3.8) is 0 Å². The molecule has 2 N–H and O–H groups in total. The summed E-state index contributed by atoms with van der Waals surface area (Å²) in [5.41, 5.74) is 0.304. The minimum absolute atomic E-state index is 0.193. The molecule has 0 spiro atoms. The topological polar surface area (TPSA) is 49.8 Å². The van der Waals surface area contributed by atoms with Gasteiger partial charge in [0.2, 0.25) is 5.95 Å². The molecule has 0 aliphatic heterocycles. The van der Waals surface area contributed by atoms with E-state index in [9.17, 15) is 17.6 Å². The molecule has 0 unspecified atom stereocenters. The van der Waals surface area contributed by atoms with Crippen LogP contribution in [0.1, 0.15) is 5.56 Å². The number of nitrogens with zero attached hydrogens (tertiary/aromatic N) is 2. The third-order valence-electron chi connectivity index (χ3n) is 3.59. The summed E-state index contributed by atoms with van der Waals surface area (Å²) in [6.45, 7) is 0.379. The van der Waals surface area contributed by atoms with E-state index in [-0.39, 0.29) is 23.3 Å². The van der Waals surface area contributed by atoms with Gasteiger partial charge in [0, 0.05) is 12.7 Å². The highest BCUT2D eigenvalue weighted by Crippen LogP contribution is 2.22. The Morgan fingerprint density at radius 3 is 2.46 bits per heavy atom. The summed E-state index contributed by atoms with van der Waals surface area (Å²) < 4.78 is 53.5. The molecule has 4 nitrogen and oxygen atoms in total. The lowest BCUT2D eigenvalue weighted by Gasteiger charge is -2.10. The van der Waals surface area contributed by atoms with Gasteiger partial charge in [-0.1, -0.05) is 18.2 Å². The molecule has 0 radical (unpaired) electrons. The monoisotopic (exact) mass is 362 g/mol. The summed E-state index contributed by atoms with van der Waals surface area (Å²) >= 11 is 0. The van der Waals surface area contributed by atoms with E-state index in [0.29, 0.717) is 18.5 Å². The zero-order valence-corrected chi connectivity index (χ0v) is 13.4. The van der Waals surface area contributed by atoms with Crippen molar-refractivity contribution in [2.24, 2.45) is 0 Å². The highest BCUT2D eigenvalue weighted by Gasteiger charge is 2.14. The van der Waals surface area contributed by atoms with Crippen LogP contribution in [-0.2, 0) is 6.42 Å². The largest absolute Gasteiger partial charge is 0.354 e. The molecule has 0 fully saturated rings. The normalized spacial score (nSPS) is 10.6. The van der Waals surface area contributed by atoms with Gasteiger partial charge in [-0.2, -0.15) is 4.98 Å². The molecule has 2 aromatic carbocycles. The maximum Gasteiger partial charge on any atom is 0.224 e. The van der Waals surface area contributed by atoms with Gasteiger partial charge in [-0.3, -0.25) is 0 Å². The van der Waals surface area contributed by atoms with Crippen LogP contribution >= 0.6 is 0 Å². The molecule has 0 saturated heterocycles. The summed E-state index contributed by atoms with van der Waals surface area (Å²) in [4.78, 5) is 8.11. The van der Waals surface area contributed by atoms with Crippen molar-refractivity contribution in [2.75, 3.05) is 17.2 Å². The van der Waals surface area contributed by atoms with Crippen molar-refractivity contribution in [2.45, 2.75) is 6.42 Å². The highest BCUT2D eigenvalue weighted by atomic mass is 19.2. The van der Waals surface area contributed by atoms with Gasteiger partial charge in [0.1, 0.15) is 11.6 Å². The lowest BCUT2D eigenvalue weighted by molar-refractivity contribution is 0.449. The summed E-state index contributed by atoms with van der Waals surface area (Å²) in [5.74, 6) is -4.04. The number of hydrogen-bond acceptors (Lipinski definition) is 4. The van der Waals surface area contributed by atoms with Crippen LogP contribution in [0.15, 0.2) is 48.7 Å². The maximum absolute atomic E-state index is 13.7. The van der Waals surface area contributed by atoms with Gasteiger partial charge in [0.05, 0.1) is 5.69 Å². The molecule has 0 aliphatic rings. The SMILES string of the molecule is Fc1ccccc1CCNc1nccc(Nc2ccc(F)c(F)c2F)n1. The van der Waals surface area contributed by atoms with Gasteiger partial charge in [0.25, 0.3) is 0 Å².